The molecule has 0 aliphatic rings. The van der Waals surface area contributed by atoms with Crippen LogP contribution in [0.4, 0.5) is 0 Å². The maximum Gasteiger partial charge on any atom is 0.326 e. The van der Waals surface area contributed by atoms with Crippen LogP contribution in [0.5, 0.6) is 0 Å². The second kappa shape index (κ2) is 5.85. The summed E-state index contributed by atoms with van der Waals surface area (Å²) in [6, 6.07) is 6.28. The van der Waals surface area contributed by atoms with Gasteiger partial charge in [-0.15, -0.1) is 0 Å². The Kier molecular flexibility index (Phi) is 4.89. The molecule has 0 unspecified atom stereocenters. The van der Waals surface area contributed by atoms with Crippen molar-refractivity contribution in [1.82, 2.24) is 0 Å². The SMILES string of the molecule is CCC[Si](C)(C)OC(=O)c1ccccc1S(=O)(=O)O. The first-order valence-electron chi connectivity index (χ1n) is 5.97. The van der Waals surface area contributed by atoms with Crippen LogP contribution in [0.15, 0.2) is 29.2 Å². The van der Waals surface area contributed by atoms with Crippen molar-refractivity contribution in [3.8, 4) is 0 Å². The molecule has 1 aromatic carbocycles. The van der Waals surface area contributed by atoms with Gasteiger partial charge in [0.2, 0.25) is 8.32 Å². The summed E-state index contributed by atoms with van der Waals surface area (Å²) in [5.41, 5.74) is -0.123. The van der Waals surface area contributed by atoms with Crippen LogP contribution in [0.3, 0.4) is 0 Å². The molecule has 0 aliphatic heterocycles. The first kappa shape index (κ1) is 15.9. The largest absolute Gasteiger partial charge is 0.516 e. The van der Waals surface area contributed by atoms with Crippen molar-refractivity contribution in [2.75, 3.05) is 0 Å². The number of carbonyl (C=O) groups is 1. The minimum atomic E-state index is -4.43. The quantitative estimate of drug-likeness (QED) is 0.668. The Morgan fingerprint density at radius 3 is 2.42 bits per heavy atom. The standard InChI is InChI=1S/C12H18O5SSi/c1-4-9-19(2,3)17-12(13)10-7-5-6-8-11(10)18(14,15)16/h5-8H,4,9H2,1-3H3,(H,14,15,16). The molecule has 0 saturated heterocycles. The zero-order valence-corrected chi connectivity index (χ0v) is 13.0. The average molecular weight is 302 g/mol. The molecule has 1 aromatic rings. The van der Waals surface area contributed by atoms with Crippen LogP contribution >= 0.6 is 0 Å². The Morgan fingerprint density at radius 1 is 1.32 bits per heavy atom. The molecule has 0 spiro atoms. The fourth-order valence-corrected chi connectivity index (χ4v) is 4.42. The maximum absolute atomic E-state index is 12.0. The summed E-state index contributed by atoms with van der Waals surface area (Å²) in [5, 5.41) is 0. The molecule has 0 amide bonds. The molecule has 5 nitrogen and oxygen atoms in total. The summed E-state index contributed by atoms with van der Waals surface area (Å²) in [7, 11) is -6.59. The minimum Gasteiger partial charge on any atom is -0.516 e. The third kappa shape index (κ3) is 4.45. The molecule has 7 heteroatoms. The van der Waals surface area contributed by atoms with E-state index in [2.05, 4.69) is 0 Å². The molecule has 19 heavy (non-hydrogen) atoms. The highest BCUT2D eigenvalue weighted by molar-refractivity contribution is 7.86. The summed E-state index contributed by atoms with van der Waals surface area (Å²) in [6.07, 6.45) is 0.895. The number of benzene rings is 1. The third-order valence-electron chi connectivity index (χ3n) is 2.61. The Hall–Kier alpha value is -1.18. The molecule has 0 heterocycles. The first-order chi connectivity index (χ1) is 8.67. The number of hydrogen-bond acceptors (Lipinski definition) is 4. The van der Waals surface area contributed by atoms with E-state index in [1.807, 2.05) is 20.0 Å². The highest BCUT2D eigenvalue weighted by Crippen LogP contribution is 2.20. The summed E-state index contributed by atoms with van der Waals surface area (Å²) >= 11 is 0. The molecule has 0 saturated carbocycles. The van der Waals surface area contributed by atoms with Crippen molar-refractivity contribution in [3.63, 3.8) is 0 Å². The van der Waals surface area contributed by atoms with Gasteiger partial charge in [-0.3, -0.25) is 4.55 Å². The van der Waals surface area contributed by atoms with E-state index in [0.29, 0.717) is 0 Å². The summed E-state index contributed by atoms with van der Waals surface area (Å²) in [5.74, 6) is -0.696. The van der Waals surface area contributed by atoms with Gasteiger partial charge < -0.3 is 4.43 Å². The van der Waals surface area contributed by atoms with Gasteiger partial charge in [-0.05, 0) is 31.3 Å². The van der Waals surface area contributed by atoms with E-state index in [4.69, 9.17) is 8.98 Å². The topological polar surface area (TPSA) is 80.7 Å². The molecule has 1 rings (SSSR count). The molecule has 0 radical (unpaired) electrons. The van der Waals surface area contributed by atoms with Gasteiger partial charge in [0.15, 0.2) is 0 Å². The predicted octanol–water partition coefficient (Wildman–Crippen LogP) is 2.71. The lowest BCUT2D eigenvalue weighted by Gasteiger charge is -2.22. The monoisotopic (exact) mass is 302 g/mol. The third-order valence-corrected chi connectivity index (χ3v) is 5.96. The predicted molar refractivity (Wildman–Crippen MR) is 74.3 cm³/mol. The zero-order valence-electron chi connectivity index (χ0n) is 11.2. The fraction of sp³-hybridized carbons (Fsp3) is 0.417. The molecular weight excluding hydrogens is 284 g/mol. The van der Waals surface area contributed by atoms with E-state index < -0.39 is 29.3 Å². The summed E-state index contributed by atoms with van der Waals surface area (Å²) in [6.45, 7) is 5.78. The van der Waals surface area contributed by atoms with Gasteiger partial charge in [0, 0.05) is 0 Å². The van der Waals surface area contributed by atoms with Crippen molar-refractivity contribution in [1.29, 1.82) is 0 Å². The minimum absolute atomic E-state index is 0.123. The average Bonchev–Trinajstić information content (AvgIpc) is 2.27. The highest BCUT2D eigenvalue weighted by atomic mass is 32.2. The zero-order chi connectivity index (χ0) is 14.7. The van der Waals surface area contributed by atoms with Gasteiger partial charge in [0.25, 0.3) is 10.1 Å². The normalized spacial score (nSPS) is 12.2. The maximum atomic E-state index is 12.0. The van der Waals surface area contributed by atoms with Crippen LogP contribution in [0.2, 0.25) is 19.1 Å². The molecule has 0 aromatic heterocycles. The molecule has 1 N–H and O–H groups in total. The Balaban J connectivity index is 3.08. The van der Waals surface area contributed by atoms with Crippen LogP contribution in [0.1, 0.15) is 23.7 Å². The number of hydrogen-bond donors (Lipinski definition) is 1. The lowest BCUT2D eigenvalue weighted by molar-refractivity contribution is 0.0717. The summed E-state index contributed by atoms with van der Waals surface area (Å²) in [4.78, 5) is 11.6. The van der Waals surface area contributed by atoms with Crippen molar-refractivity contribution in [2.45, 2.75) is 37.4 Å². The van der Waals surface area contributed by atoms with E-state index in [-0.39, 0.29) is 5.56 Å². The molecule has 0 atom stereocenters. The van der Waals surface area contributed by atoms with Crippen LogP contribution in [0.25, 0.3) is 0 Å². The van der Waals surface area contributed by atoms with Gasteiger partial charge in [-0.25, -0.2) is 4.79 Å². The van der Waals surface area contributed by atoms with Crippen molar-refractivity contribution in [3.05, 3.63) is 29.8 Å². The van der Waals surface area contributed by atoms with Crippen molar-refractivity contribution in [2.24, 2.45) is 0 Å². The highest BCUT2D eigenvalue weighted by Gasteiger charge is 2.29. The van der Waals surface area contributed by atoms with Gasteiger partial charge in [0.1, 0.15) is 4.90 Å². The molecule has 0 fully saturated rings. The van der Waals surface area contributed by atoms with Gasteiger partial charge in [-0.1, -0.05) is 25.5 Å². The van der Waals surface area contributed by atoms with E-state index in [9.17, 15) is 13.2 Å². The number of carbonyl (C=O) groups excluding carboxylic acids is 1. The molecule has 106 valence electrons. The second-order valence-electron chi connectivity index (χ2n) is 4.87. The lowest BCUT2D eigenvalue weighted by Crippen LogP contribution is -2.33. The van der Waals surface area contributed by atoms with Gasteiger partial charge >= 0.3 is 5.97 Å². The fourth-order valence-electron chi connectivity index (χ4n) is 1.82. The van der Waals surface area contributed by atoms with E-state index in [0.717, 1.165) is 12.5 Å². The Labute approximate surface area is 114 Å². The van der Waals surface area contributed by atoms with Crippen LogP contribution in [-0.2, 0) is 14.5 Å². The number of rotatable bonds is 5. The smallest absolute Gasteiger partial charge is 0.326 e. The van der Waals surface area contributed by atoms with Gasteiger partial charge in [0.05, 0.1) is 5.56 Å². The van der Waals surface area contributed by atoms with Crippen LogP contribution in [-0.4, -0.2) is 27.3 Å². The Morgan fingerprint density at radius 2 is 1.89 bits per heavy atom. The first-order valence-corrected chi connectivity index (χ1v) is 10.5. The van der Waals surface area contributed by atoms with Crippen LogP contribution < -0.4 is 0 Å². The Bertz CT molecular complexity index is 565. The van der Waals surface area contributed by atoms with Crippen molar-refractivity contribution < 1.29 is 22.2 Å². The van der Waals surface area contributed by atoms with Crippen molar-refractivity contribution >= 4 is 24.4 Å². The van der Waals surface area contributed by atoms with E-state index in [1.54, 1.807) is 0 Å². The molecular formula is C12H18O5SSi. The lowest BCUT2D eigenvalue weighted by atomic mass is 10.2. The van der Waals surface area contributed by atoms with E-state index in [1.165, 1.54) is 24.3 Å². The summed E-state index contributed by atoms with van der Waals surface area (Å²) < 4.78 is 36.9. The van der Waals surface area contributed by atoms with Crippen LogP contribution in [0, 0.1) is 0 Å². The second-order valence-corrected chi connectivity index (χ2v) is 10.5. The molecule has 0 aliphatic carbocycles. The molecule has 0 bridgehead atoms. The van der Waals surface area contributed by atoms with E-state index >= 15 is 0 Å². The van der Waals surface area contributed by atoms with Gasteiger partial charge in [-0.2, -0.15) is 8.42 Å².